The maximum absolute atomic E-state index is 11.4. The monoisotopic (exact) mass is 287 g/mol. The van der Waals surface area contributed by atoms with Gasteiger partial charge in [-0.1, -0.05) is 11.8 Å². The summed E-state index contributed by atoms with van der Waals surface area (Å²) in [6.45, 7) is 3.34. The number of esters is 1. The van der Waals surface area contributed by atoms with E-state index in [1.807, 2.05) is 0 Å². The van der Waals surface area contributed by atoms with Gasteiger partial charge in [-0.2, -0.15) is 0 Å². The third kappa shape index (κ3) is 4.70. The van der Waals surface area contributed by atoms with Crippen molar-refractivity contribution in [1.29, 1.82) is 0 Å². The van der Waals surface area contributed by atoms with Crippen LogP contribution in [0.25, 0.3) is 0 Å². The lowest BCUT2D eigenvalue weighted by Gasteiger charge is -2.15. The molecule has 1 aromatic rings. The second-order valence-electron chi connectivity index (χ2n) is 3.86. The van der Waals surface area contributed by atoms with Gasteiger partial charge in [-0.25, -0.2) is 4.79 Å². The number of ether oxygens (including phenoxy) is 1. The molecule has 106 valence electrons. The van der Waals surface area contributed by atoms with Crippen LogP contribution in [-0.4, -0.2) is 44.7 Å². The van der Waals surface area contributed by atoms with E-state index in [1.165, 1.54) is 19.1 Å². The molecule has 6 nitrogen and oxygen atoms in total. The number of thioether (sulfide) groups is 1. The molecule has 19 heavy (non-hydrogen) atoms. The van der Waals surface area contributed by atoms with Gasteiger partial charge in [0.1, 0.15) is 11.8 Å². The van der Waals surface area contributed by atoms with Gasteiger partial charge in [0.25, 0.3) is 0 Å². The molecule has 1 heterocycles. The van der Waals surface area contributed by atoms with E-state index in [9.17, 15) is 19.8 Å². The highest BCUT2D eigenvalue weighted by Crippen LogP contribution is 2.20. The number of aliphatic hydroxyl groups is 2. The van der Waals surface area contributed by atoms with Crippen molar-refractivity contribution in [3.8, 4) is 0 Å². The van der Waals surface area contributed by atoms with Crippen LogP contribution < -0.4 is 0 Å². The summed E-state index contributed by atoms with van der Waals surface area (Å²) in [5, 5.41) is 19.4. The number of H-pyrrole nitrogens is 1. The van der Waals surface area contributed by atoms with E-state index >= 15 is 0 Å². The first-order valence-electron chi connectivity index (χ1n) is 5.81. The van der Waals surface area contributed by atoms with E-state index < -0.39 is 18.2 Å². The summed E-state index contributed by atoms with van der Waals surface area (Å²) in [4.78, 5) is 24.9. The number of aromatic nitrogens is 1. The van der Waals surface area contributed by atoms with Crippen LogP contribution in [0, 0.1) is 0 Å². The van der Waals surface area contributed by atoms with Crippen molar-refractivity contribution >= 4 is 22.8 Å². The summed E-state index contributed by atoms with van der Waals surface area (Å²) in [7, 11) is 0. The number of carbonyl (C=O) groups excluding carboxylic acids is 2. The Morgan fingerprint density at radius 2 is 2.11 bits per heavy atom. The minimum absolute atomic E-state index is 0.0876. The Bertz CT molecular complexity index is 445. The molecule has 2 atom stereocenters. The molecule has 0 saturated carbocycles. The fraction of sp³-hybridized carbons (Fsp3) is 0.500. The SMILES string of the molecule is CCOC(=O)c1ccc(C(O)C(O)CSC(C)=O)[nH]1. The average Bonchev–Trinajstić information content (AvgIpc) is 2.84. The van der Waals surface area contributed by atoms with Crippen LogP contribution in [0.1, 0.15) is 36.1 Å². The first-order chi connectivity index (χ1) is 8.95. The van der Waals surface area contributed by atoms with Gasteiger partial charge in [-0.05, 0) is 19.1 Å². The van der Waals surface area contributed by atoms with Crippen molar-refractivity contribution in [2.24, 2.45) is 0 Å². The molecule has 0 spiro atoms. The Kier molecular flexibility index (Phi) is 6.07. The maximum Gasteiger partial charge on any atom is 0.354 e. The van der Waals surface area contributed by atoms with E-state index in [0.717, 1.165) is 11.8 Å². The number of aliphatic hydroxyl groups excluding tert-OH is 2. The first-order valence-corrected chi connectivity index (χ1v) is 6.79. The number of aromatic amines is 1. The molecule has 0 fully saturated rings. The number of carbonyl (C=O) groups is 2. The van der Waals surface area contributed by atoms with Crippen LogP contribution in [0.3, 0.4) is 0 Å². The number of rotatable bonds is 6. The zero-order valence-electron chi connectivity index (χ0n) is 10.8. The van der Waals surface area contributed by atoms with Gasteiger partial charge < -0.3 is 19.9 Å². The van der Waals surface area contributed by atoms with Crippen LogP contribution in [0.15, 0.2) is 12.1 Å². The smallest absolute Gasteiger partial charge is 0.354 e. The lowest BCUT2D eigenvalue weighted by molar-refractivity contribution is -0.109. The van der Waals surface area contributed by atoms with Crippen molar-refractivity contribution in [2.75, 3.05) is 12.4 Å². The minimum Gasteiger partial charge on any atom is -0.461 e. The standard InChI is InChI=1S/C12H17NO5S/c1-3-18-12(17)9-5-4-8(13-9)11(16)10(15)6-19-7(2)14/h4-5,10-11,13,15-16H,3,6H2,1-2H3. The summed E-state index contributed by atoms with van der Waals surface area (Å²) in [5.41, 5.74) is 0.516. The normalized spacial score (nSPS) is 13.9. The van der Waals surface area contributed by atoms with E-state index in [0.29, 0.717) is 5.69 Å². The predicted molar refractivity (Wildman–Crippen MR) is 70.9 cm³/mol. The zero-order valence-corrected chi connectivity index (χ0v) is 11.6. The summed E-state index contributed by atoms with van der Waals surface area (Å²) in [6, 6.07) is 2.97. The van der Waals surface area contributed by atoms with E-state index in [1.54, 1.807) is 6.92 Å². The fourth-order valence-corrected chi connectivity index (χ4v) is 2.00. The van der Waals surface area contributed by atoms with Crippen molar-refractivity contribution in [3.05, 3.63) is 23.5 Å². The highest BCUT2D eigenvalue weighted by molar-refractivity contribution is 8.13. The van der Waals surface area contributed by atoms with Gasteiger partial charge in [0.05, 0.1) is 12.7 Å². The number of nitrogens with one attached hydrogen (secondary N) is 1. The van der Waals surface area contributed by atoms with E-state index in [-0.39, 0.29) is 23.2 Å². The van der Waals surface area contributed by atoms with Crippen molar-refractivity contribution in [3.63, 3.8) is 0 Å². The quantitative estimate of drug-likeness (QED) is 0.671. The summed E-state index contributed by atoms with van der Waals surface area (Å²) >= 11 is 0.929. The molecule has 0 aromatic carbocycles. The van der Waals surface area contributed by atoms with Crippen molar-refractivity contribution in [1.82, 2.24) is 4.98 Å². The topological polar surface area (TPSA) is 99.6 Å². The van der Waals surface area contributed by atoms with Crippen LogP contribution in [0.2, 0.25) is 0 Å². The van der Waals surface area contributed by atoms with Crippen LogP contribution in [0.5, 0.6) is 0 Å². The summed E-state index contributed by atoms with van der Waals surface area (Å²) < 4.78 is 4.80. The second-order valence-corrected chi connectivity index (χ2v) is 5.06. The molecule has 0 aliphatic carbocycles. The van der Waals surface area contributed by atoms with Gasteiger partial charge in [0.2, 0.25) is 0 Å². The molecule has 0 aliphatic rings. The molecule has 0 saturated heterocycles. The van der Waals surface area contributed by atoms with E-state index in [4.69, 9.17) is 4.74 Å². The third-order valence-corrected chi connectivity index (χ3v) is 3.26. The third-order valence-electron chi connectivity index (χ3n) is 2.34. The lowest BCUT2D eigenvalue weighted by atomic mass is 10.2. The first kappa shape index (κ1) is 15.7. The molecule has 0 bridgehead atoms. The summed E-state index contributed by atoms with van der Waals surface area (Å²) in [5.74, 6) is -0.432. The van der Waals surface area contributed by atoms with Crippen molar-refractivity contribution < 1.29 is 24.5 Å². The average molecular weight is 287 g/mol. The van der Waals surface area contributed by atoms with E-state index in [2.05, 4.69) is 4.98 Å². The Morgan fingerprint density at radius 1 is 1.42 bits per heavy atom. The van der Waals surface area contributed by atoms with Crippen LogP contribution in [0.4, 0.5) is 0 Å². The summed E-state index contributed by atoms with van der Waals surface area (Å²) in [6.07, 6.45) is -2.28. The molecule has 7 heteroatoms. The Hall–Kier alpha value is -1.31. The van der Waals surface area contributed by atoms with Gasteiger partial charge in [0.15, 0.2) is 5.12 Å². The second kappa shape index (κ2) is 7.32. The highest BCUT2D eigenvalue weighted by Gasteiger charge is 2.21. The Morgan fingerprint density at radius 3 is 2.68 bits per heavy atom. The van der Waals surface area contributed by atoms with Gasteiger partial charge in [-0.3, -0.25) is 4.79 Å². The van der Waals surface area contributed by atoms with Crippen LogP contribution >= 0.6 is 11.8 Å². The Balaban J connectivity index is 2.64. The largest absolute Gasteiger partial charge is 0.461 e. The van der Waals surface area contributed by atoms with Gasteiger partial charge >= 0.3 is 5.97 Å². The zero-order chi connectivity index (χ0) is 14.4. The fourth-order valence-electron chi connectivity index (χ4n) is 1.41. The molecule has 2 unspecified atom stereocenters. The molecule has 0 amide bonds. The lowest BCUT2D eigenvalue weighted by Crippen LogP contribution is -2.21. The Labute approximate surface area is 115 Å². The highest BCUT2D eigenvalue weighted by atomic mass is 32.2. The van der Waals surface area contributed by atoms with Crippen LogP contribution in [-0.2, 0) is 9.53 Å². The molecule has 1 rings (SSSR count). The van der Waals surface area contributed by atoms with Gasteiger partial charge in [0, 0.05) is 18.4 Å². The predicted octanol–water partition coefficient (Wildman–Crippen LogP) is 0.865. The molecule has 3 N–H and O–H groups in total. The number of hydrogen-bond donors (Lipinski definition) is 3. The van der Waals surface area contributed by atoms with Gasteiger partial charge in [-0.15, -0.1) is 0 Å². The molecular weight excluding hydrogens is 270 g/mol. The van der Waals surface area contributed by atoms with Crippen molar-refractivity contribution in [2.45, 2.75) is 26.1 Å². The number of hydrogen-bond acceptors (Lipinski definition) is 6. The molecular formula is C12H17NO5S. The molecule has 0 aliphatic heterocycles. The minimum atomic E-state index is -1.19. The molecule has 1 aromatic heterocycles. The molecule has 0 radical (unpaired) electrons. The maximum atomic E-state index is 11.4.